The van der Waals surface area contributed by atoms with Crippen LogP contribution in [0.15, 0.2) is 17.3 Å². The summed E-state index contributed by atoms with van der Waals surface area (Å²) in [6, 6.07) is 1.49. The average molecular weight is 322 g/mol. The van der Waals surface area contributed by atoms with E-state index in [0.29, 0.717) is 23.8 Å². The molecule has 0 aromatic carbocycles. The largest absolute Gasteiger partial charge is 0.266 e. The maximum absolute atomic E-state index is 12.2. The third-order valence-electron chi connectivity index (χ3n) is 3.24. The summed E-state index contributed by atoms with van der Waals surface area (Å²) >= 11 is 3.56. The number of hydrogen-bond donors (Lipinski definition) is 1. The molecule has 1 fully saturated rings. The molecule has 0 saturated carbocycles. The Labute approximate surface area is 110 Å². The van der Waals surface area contributed by atoms with Gasteiger partial charge in [-0.2, -0.15) is 9.40 Å². The van der Waals surface area contributed by atoms with Gasteiger partial charge in [-0.25, -0.2) is 8.42 Å². The number of alkyl halides is 1. The van der Waals surface area contributed by atoms with Crippen molar-refractivity contribution in [1.82, 2.24) is 14.5 Å². The van der Waals surface area contributed by atoms with Crippen molar-refractivity contribution < 1.29 is 8.42 Å². The number of aromatic nitrogens is 2. The Bertz CT molecular complexity index is 450. The molecule has 1 unspecified atom stereocenters. The predicted molar refractivity (Wildman–Crippen MR) is 68.5 cm³/mol. The summed E-state index contributed by atoms with van der Waals surface area (Å²) in [5, 5.41) is 6.39. The number of aromatic amines is 1. The molecule has 7 heteroatoms. The van der Waals surface area contributed by atoms with E-state index in [4.69, 9.17) is 0 Å². The summed E-state index contributed by atoms with van der Waals surface area (Å²) in [6.45, 7) is 3.29. The second kappa shape index (κ2) is 5.07. The van der Waals surface area contributed by atoms with Crippen molar-refractivity contribution in [3.63, 3.8) is 0 Å². The molecule has 0 spiro atoms. The van der Waals surface area contributed by atoms with Gasteiger partial charge in [-0.3, -0.25) is 5.10 Å². The molecule has 1 N–H and O–H groups in total. The smallest absolute Gasteiger partial charge is 0.259 e. The maximum atomic E-state index is 12.2. The lowest BCUT2D eigenvalue weighted by Crippen LogP contribution is -2.40. The summed E-state index contributed by atoms with van der Waals surface area (Å²) < 4.78 is 25.9. The van der Waals surface area contributed by atoms with E-state index >= 15 is 0 Å². The molecule has 0 amide bonds. The molecule has 2 rings (SSSR count). The van der Waals surface area contributed by atoms with Gasteiger partial charge in [-0.05, 0) is 24.8 Å². The van der Waals surface area contributed by atoms with Crippen LogP contribution in [0, 0.1) is 5.92 Å². The van der Waals surface area contributed by atoms with E-state index in [9.17, 15) is 8.42 Å². The number of sulfonamides is 1. The lowest BCUT2D eigenvalue weighted by Gasteiger charge is -2.32. The highest BCUT2D eigenvalue weighted by atomic mass is 79.9. The zero-order chi connectivity index (χ0) is 12.5. The molecule has 1 aromatic heterocycles. The molecular formula is C10H16BrN3O2S. The zero-order valence-corrected chi connectivity index (χ0v) is 12.0. The van der Waals surface area contributed by atoms with Crippen LogP contribution in [-0.2, 0) is 10.0 Å². The summed E-state index contributed by atoms with van der Waals surface area (Å²) in [6.07, 6.45) is 3.26. The van der Waals surface area contributed by atoms with Crippen LogP contribution in [-0.4, -0.2) is 40.8 Å². The molecule has 0 radical (unpaired) electrons. The summed E-state index contributed by atoms with van der Waals surface area (Å²) in [5.74, 6) is 0.559. The average Bonchev–Trinajstić information content (AvgIpc) is 2.83. The normalized spacial score (nSPS) is 21.5. The summed E-state index contributed by atoms with van der Waals surface area (Å²) in [5.41, 5.74) is 0. The molecule has 2 heterocycles. The molecule has 5 nitrogen and oxygen atoms in total. The summed E-state index contributed by atoms with van der Waals surface area (Å²) in [7, 11) is -3.37. The monoisotopic (exact) mass is 321 g/mol. The van der Waals surface area contributed by atoms with Crippen LogP contribution >= 0.6 is 15.9 Å². The Morgan fingerprint density at radius 2 is 2.18 bits per heavy atom. The van der Waals surface area contributed by atoms with Gasteiger partial charge in [-0.1, -0.05) is 22.9 Å². The minimum absolute atomic E-state index is 0.183. The second-order valence-electron chi connectivity index (χ2n) is 4.34. The van der Waals surface area contributed by atoms with Crippen molar-refractivity contribution >= 4 is 26.0 Å². The molecule has 1 saturated heterocycles. The van der Waals surface area contributed by atoms with Gasteiger partial charge >= 0.3 is 0 Å². The van der Waals surface area contributed by atoms with Gasteiger partial charge < -0.3 is 0 Å². The number of nitrogens with one attached hydrogen (secondary N) is 1. The lowest BCUT2D eigenvalue weighted by molar-refractivity contribution is 0.274. The molecular weight excluding hydrogens is 306 g/mol. The van der Waals surface area contributed by atoms with Crippen LogP contribution in [0.4, 0.5) is 0 Å². The predicted octanol–water partition coefficient (Wildman–Crippen LogP) is 1.59. The number of piperidine rings is 1. The van der Waals surface area contributed by atoms with Crippen LogP contribution < -0.4 is 0 Å². The van der Waals surface area contributed by atoms with Crippen molar-refractivity contribution in [2.75, 3.05) is 13.1 Å². The molecule has 0 bridgehead atoms. The first kappa shape index (κ1) is 13.0. The first-order valence-electron chi connectivity index (χ1n) is 5.65. The standard InChI is InChI=1S/C10H16BrN3O2S/c1-8(11)9-3-6-14(7-4-9)17(15,16)10-2-5-12-13-10/h2,5,8-9H,3-4,6-7H2,1H3,(H,12,13). The third-order valence-corrected chi connectivity index (χ3v) is 5.82. The highest BCUT2D eigenvalue weighted by molar-refractivity contribution is 9.09. The van der Waals surface area contributed by atoms with Crippen LogP contribution in [0.5, 0.6) is 0 Å². The Balaban J connectivity index is 2.07. The van der Waals surface area contributed by atoms with E-state index < -0.39 is 10.0 Å². The van der Waals surface area contributed by atoms with Crippen LogP contribution in [0.25, 0.3) is 0 Å². The van der Waals surface area contributed by atoms with Crippen molar-refractivity contribution in [3.8, 4) is 0 Å². The number of halogens is 1. The topological polar surface area (TPSA) is 66.1 Å². The number of H-pyrrole nitrogens is 1. The zero-order valence-electron chi connectivity index (χ0n) is 9.63. The lowest BCUT2D eigenvalue weighted by atomic mass is 9.96. The van der Waals surface area contributed by atoms with E-state index in [-0.39, 0.29) is 5.03 Å². The van der Waals surface area contributed by atoms with Crippen LogP contribution in [0.2, 0.25) is 0 Å². The number of rotatable bonds is 3. The quantitative estimate of drug-likeness (QED) is 0.860. The minimum Gasteiger partial charge on any atom is -0.266 e. The van der Waals surface area contributed by atoms with E-state index in [1.54, 1.807) is 0 Å². The highest BCUT2D eigenvalue weighted by Crippen LogP contribution is 2.27. The fourth-order valence-corrected chi connectivity index (χ4v) is 4.00. The Hall–Kier alpha value is -0.400. The molecule has 1 aromatic rings. The first-order valence-corrected chi connectivity index (χ1v) is 8.01. The van der Waals surface area contributed by atoms with Gasteiger partial charge in [0.25, 0.3) is 10.0 Å². The Kier molecular flexibility index (Phi) is 3.89. The summed E-state index contributed by atoms with van der Waals surface area (Å²) in [4.78, 5) is 0.444. The molecule has 17 heavy (non-hydrogen) atoms. The molecule has 0 aliphatic carbocycles. The van der Waals surface area contributed by atoms with E-state index in [1.165, 1.54) is 16.6 Å². The Morgan fingerprint density at radius 3 is 2.65 bits per heavy atom. The van der Waals surface area contributed by atoms with Crippen LogP contribution in [0.1, 0.15) is 19.8 Å². The van der Waals surface area contributed by atoms with Crippen molar-refractivity contribution in [1.29, 1.82) is 0 Å². The van der Waals surface area contributed by atoms with Gasteiger partial charge in [0, 0.05) is 17.9 Å². The highest BCUT2D eigenvalue weighted by Gasteiger charge is 2.31. The Morgan fingerprint density at radius 1 is 1.53 bits per heavy atom. The van der Waals surface area contributed by atoms with Gasteiger partial charge in [0.2, 0.25) is 0 Å². The van der Waals surface area contributed by atoms with Crippen molar-refractivity contribution in [2.45, 2.75) is 29.6 Å². The molecule has 1 aliphatic rings. The number of nitrogens with zero attached hydrogens (tertiary/aromatic N) is 2. The van der Waals surface area contributed by atoms with Gasteiger partial charge in [0.1, 0.15) is 0 Å². The number of hydrogen-bond acceptors (Lipinski definition) is 3. The van der Waals surface area contributed by atoms with Gasteiger partial charge in [-0.15, -0.1) is 0 Å². The van der Waals surface area contributed by atoms with Crippen molar-refractivity contribution in [2.24, 2.45) is 5.92 Å². The molecule has 1 atom stereocenters. The molecule has 96 valence electrons. The SMILES string of the molecule is CC(Br)C1CCN(S(=O)(=O)c2ccn[nH]2)CC1. The third kappa shape index (κ3) is 2.71. The second-order valence-corrected chi connectivity index (χ2v) is 7.69. The van der Waals surface area contributed by atoms with E-state index in [2.05, 4.69) is 33.1 Å². The fraction of sp³-hybridized carbons (Fsp3) is 0.700. The fourth-order valence-electron chi connectivity index (χ4n) is 2.10. The first-order chi connectivity index (χ1) is 8.01. The van der Waals surface area contributed by atoms with Crippen LogP contribution in [0.3, 0.4) is 0 Å². The maximum Gasteiger partial charge on any atom is 0.259 e. The van der Waals surface area contributed by atoms with Gasteiger partial charge in [0.15, 0.2) is 5.03 Å². The van der Waals surface area contributed by atoms with E-state index in [0.717, 1.165) is 12.8 Å². The molecule has 1 aliphatic heterocycles. The van der Waals surface area contributed by atoms with Gasteiger partial charge in [0.05, 0.1) is 6.20 Å². The minimum atomic E-state index is -3.37. The van der Waals surface area contributed by atoms with E-state index in [1.807, 2.05) is 0 Å². The van der Waals surface area contributed by atoms with Crippen molar-refractivity contribution in [3.05, 3.63) is 12.3 Å².